The van der Waals surface area contributed by atoms with Gasteiger partial charge in [0.25, 0.3) is 0 Å². The summed E-state index contributed by atoms with van der Waals surface area (Å²) in [5, 5.41) is 0. The molecule has 0 aliphatic heterocycles. The second kappa shape index (κ2) is 17.4. The van der Waals surface area contributed by atoms with Gasteiger partial charge in [0.2, 0.25) is 0 Å². The number of hydrogen-bond acceptors (Lipinski definition) is 0. The fourth-order valence-electron chi connectivity index (χ4n) is 17.3. The minimum absolute atomic E-state index is 0.480. The molecule has 0 saturated heterocycles. The molecule has 0 amide bonds. The summed E-state index contributed by atoms with van der Waals surface area (Å²) in [6, 6.07) is 0. The number of hydrogen-bond donors (Lipinski definition) is 0. The van der Waals surface area contributed by atoms with E-state index >= 15 is 0 Å². The van der Waals surface area contributed by atoms with Gasteiger partial charge in [-0.2, -0.15) is 0 Å². The van der Waals surface area contributed by atoms with Gasteiger partial charge < -0.3 is 0 Å². The van der Waals surface area contributed by atoms with Gasteiger partial charge in [0.15, 0.2) is 0 Å². The molecule has 8 rings (SSSR count). The van der Waals surface area contributed by atoms with E-state index in [1.165, 1.54) is 122 Å². The zero-order chi connectivity index (χ0) is 40.9. The Hall–Kier alpha value is -1.04. The van der Waals surface area contributed by atoms with Gasteiger partial charge in [-0.3, -0.25) is 0 Å². The summed E-state index contributed by atoms with van der Waals surface area (Å²) >= 11 is 0. The first-order chi connectivity index (χ1) is 27.1. The number of fused-ring (bicyclic) bond motifs is 10. The molecule has 8 aliphatic carbocycles. The Morgan fingerprint density at radius 3 is 1.40 bits per heavy atom. The average Bonchev–Trinajstić information content (AvgIpc) is 3.73. The summed E-state index contributed by atoms with van der Waals surface area (Å²) in [6.45, 7) is 30.4. The maximum atomic E-state index is 2.73. The molecule has 16 atom stereocenters. The van der Waals surface area contributed by atoms with Crippen LogP contribution in [0.25, 0.3) is 0 Å². The Morgan fingerprint density at radius 2 is 0.982 bits per heavy atom. The van der Waals surface area contributed by atoms with E-state index in [2.05, 4.69) is 120 Å². The molecule has 57 heavy (non-hydrogen) atoms. The van der Waals surface area contributed by atoms with Gasteiger partial charge in [-0.05, 0) is 212 Å². The van der Waals surface area contributed by atoms with Crippen molar-refractivity contribution in [1.29, 1.82) is 0 Å². The maximum absolute atomic E-state index is 2.73. The molecule has 4 saturated carbocycles. The van der Waals surface area contributed by atoms with Crippen LogP contribution in [0.5, 0.6) is 0 Å². The minimum atomic E-state index is 0.480. The molecule has 0 aromatic heterocycles. The first-order valence-corrected chi connectivity index (χ1v) is 25.8. The molecule has 0 unspecified atom stereocenters. The van der Waals surface area contributed by atoms with Gasteiger partial charge in [-0.25, -0.2) is 0 Å². The smallest absolute Gasteiger partial charge is 0.00445 e. The van der Waals surface area contributed by atoms with Crippen LogP contribution in [-0.2, 0) is 0 Å². The average molecular weight is 779 g/mol. The quantitative estimate of drug-likeness (QED) is 0.196. The number of rotatable bonds is 11. The number of allylic oxidation sites excluding steroid dienone is 8. The zero-order valence-electron chi connectivity index (χ0n) is 40.0. The van der Waals surface area contributed by atoms with Crippen molar-refractivity contribution < 1.29 is 0 Å². The molecule has 8 aliphatic rings. The van der Waals surface area contributed by atoms with Crippen molar-refractivity contribution in [2.24, 2.45) is 105 Å². The second-order valence-corrected chi connectivity index (χ2v) is 24.5. The maximum Gasteiger partial charge on any atom is -0.00445 e. The Morgan fingerprint density at radius 1 is 0.526 bits per heavy atom. The highest BCUT2D eigenvalue weighted by Gasteiger charge is 2.60. The predicted molar refractivity (Wildman–Crippen MR) is 249 cm³/mol. The molecule has 0 aromatic rings. The first-order valence-electron chi connectivity index (χ1n) is 25.8. The fourth-order valence-corrected chi connectivity index (χ4v) is 17.3. The van der Waals surface area contributed by atoms with Crippen molar-refractivity contribution in [2.75, 3.05) is 0 Å². The lowest BCUT2D eigenvalue weighted by Crippen LogP contribution is -2.49. The molecule has 0 nitrogen and oxygen atoms in total. The Kier molecular flexibility index (Phi) is 13.4. The lowest BCUT2D eigenvalue weighted by molar-refractivity contribution is -0.0454. The fraction of sp³-hybridized carbons (Fsp3) is 0.860. The third kappa shape index (κ3) is 7.98. The van der Waals surface area contributed by atoms with Crippen molar-refractivity contribution in [3.8, 4) is 0 Å². The molecule has 0 spiro atoms. The molecular formula is C57H94. The van der Waals surface area contributed by atoms with Crippen LogP contribution in [0.1, 0.15) is 205 Å². The van der Waals surface area contributed by atoms with Crippen LogP contribution in [-0.4, -0.2) is 0 Å². The van der Waals surface area contributed by atoms with Crippen LogP contribution in [0.4, 0.5) is 0 Å². The highest BCUT2D eigenvalue weighted by atomic mass is 14.6. The third-order valence-electron chi connectivity index (χ3n) is 21.5. The van der Waals surface area contributed by atoms with Crippen molar-refractivity contribution in [1.82, 2.24) is 0 Å². The summed E-state index contributed by atoms with van der Waals surface area (Å²) in [6.07, 6.45) is 42.4. The van der Waals surface area contributed by atoms with E-state index < -0.39 is 0 Å². The Labute approximate surface area is 355 Å². The van der Waals surface area contributed by atoms with Crippen molar-refractivity contribution >= 4 is 0 Å². The summed E-state index contributed by atoms with van der Waals surface area (Å²) < 4.78 is 0. The normalized spacial score (nSPS) is 43.9. The molecule has 0 N–H and O–H groups in total. The van der Waals surface area contributed by atoms with E-state index in [9.17, 15) is 0 Å². The summed E-state index contributed by atoms with van der Waals surface area (Å²) in [5.41, 5.74) is 5.58. The van der Waals surface area contributed by atoms with Crippen LogP contribution in [0.15, 0.2) is 47.6 Å². The van der Waals surface area contributed by atoms with Gasteiger partial charge in [-0.1, -0.05) is 145 Å². The van der Waals surface area contributed by atoms with E-state index in [4.69, 9.17) is 0 Å². The topological polar surface area (TPSA) is 0 Å². The van der Waals surface area contributed by atoms with Gasteiger partial charge in [0.05, 0.1) is 0 Å². The van der Waals surface area contributed by atoms with Crippen LogP contribution < -0.4 is 0 Å². The van der Waals surface area contributed by atoms with Crippen molar-refractivity contribution in [3.05, 3.63) is 47.6 Å². The molecule has 0 bridgehead atoms. The van der Waals surface area contributed by atoms with Gasteiger partial charge in [0.1, 0.15) is 0 Å². The summed E-state index contributed by atoms with van der Waals surface area (Å²) in [5.74, 6) is 13.1. The Balaban J connectivity index is 0.000000174. The molecule has 0 radical (unpaired) electrons. The highest BCUT2D eigenvalue weighted by molar-refractivity contribution is 5.35. The van der Waals surface area contributed by atoms with Crippen LogP contribution in [0.2, 0.25) is 0 Å². The molecule has 0 aromatic carbocycles. The van der Waals surface area contributed by atoms with E-state index in [0.717, 1.165) is 82.9 Å². The van der Waals surface area contributed by atoms with Crippen LogP contribution >= 0.6 is 0 Å². The highest BCUT2D eigenvalue weighted by Crippen LogP contribution is 2.68. The molecule has 322 valence electrons. The molecular weight excluding hydrogens is 685 g/mol. The monoisotopic (exact) mass is 779 g/mol. The summed E-state index contributed by atoms with van der Waals surface area (Å²) in [4.78, 5) is 0. The predicted octanol–water partition coefficient (Wildman–Crippen LogP) is 17.3. The van der Waals surface area contributed by atoms with Crippen LogP contribution in [0, 0.1) is 105 Å². The van der Waals surface area contributed by atoms with Gasteiger partial charge in [-0.15, -0.1) is 0 Å². The van der Waals surface area contributed by atoms with E-state index in [-0.39, 0.29) is 0 Å². The van der Waals surface area contributed by atoms with Crippen LogP contribution in [0.3, 0.4) is 0 Å². The lowest BCUT2D eigenvalue weighted by Gasteiger charge is -2.57. The third-order valence-corrected chi connectivity index (χ3v) is 21.5. The van der Waals surface area contributed by atoms with E-state index in [1.54, 1.807) is 11.1 Å². The summed E-state index contributed by atoms with van der Waals surface area (Å²) in [7, 11) is 0. The SMILES string of the molecule is CC(C)[C@H](C)CC[C@@H](C)[C@H]1CC[C@H]2[C@@H]3CC=C4C=CCC[C@]4(C)[C@H]3CC[C@]12C.CC[C@H](CC[C@@H](C)[C@H]1CC[C@H]2[C@@H]3CC=C4C=CCC[C@]4(C)[C@H]3CC[C@]12C)C(C)C. The van der Waals surface area contributed by atoms with Crippen molar-refractivity contribution in [3.63, 3.8) is 0 Å². The Bertz CT molecular complexity index is 1480. The lowest BCUT2D eigenvalue weighted by atomic mass is 9.47. The zero-order valence-corrected chi connectivity index (χ0v) is 40.0. The standard InChI is InChI=1S/C29H48.C28H46/c1-7-22(20(2)3)12-11-21(4)25-15-16-26-24-14-13-23-10-8-9-18-28(23,5)27(24)17-19-29(25,26)6;1-19(2)20(3)10-11-21(4)24-14-15-25-23-13-12-22-9-7-8-17-27(22,5)26(23)16-18-28(24,25)6/h8,10,13,20-22,24-27H,7,9,11-12,14-19H2,1-6H3;7,9,12,19-21,23-26H,8,10-11,13-18H2,1-6H3/t21-,22-,24+,25-,26+,27+,28+,29-;20-,21-,23+,24-,25+,26+,27+,28-/m11/s1. The largest absolute Gasteiger partial charge is 0.0842 e. The van der Waals surface area contributed by atoms with E-state index in [1.807, 2.05) is 0 Å². The van der Waals surface area contributed by atoms with Gasteiger partial charge >= 0.3 is 0 Å². The molecule has 0 heterocycles. The van der Waals surface area contributed by atoms with Crippen molar-refractivity contribution in [2.45, 2.75) is 205 Å². The molecule has 0 heteroatoms. The minimum Gasteiger partial charge on any atom is -0.0842 e. The van der Waals surface area contributed by atoms with E-state index in [0.29, 0.717) is 21.7 Å². The molecule has 4 fully saturated rings. The second-order valence-electron chi connectivity index (χ2n) is 24.5. The first kappa shape index (κ1) is 44.0. The van der Waals surface area contributed by atoms with Gasteiger partial charge in [0, 0.05) is 0 Å².